The lowest BCUT2D eigenvalue weighted by Crippen LogP contribution is -2.05. The number of thioether (sulfide) groups is 1. The SMILES string of the molecule is COc1ccc(-n2c(SCC(=O)c3ccc(C)cc3)nnc2-c2ccncc2)cc1. The third kappa shape index (κ3) is 4.26. The Morgan fingerprint density at radius 2 is 1.67 bits per heavy atom. The molecule has 0 fully saturated rings. The van der Waals surface area contributed by atoms with Crippen LogP contribution in [0.5, 0.6) is 5.75 Å². The number of rotatable bonds is 7. The van der Waals surface area contributed by atoms with E-state index in [4.69, 9.17) is 4.74 Å². The van der Waals surface area contributed by atoms with Crippen molar-refractivity contribution in [3.8, 4) is 22.8 Å². The molecule has 0 saturated carbocycles. The van der Waals surface area contributed by atoms with Crippen molar-refractivity contribution in [3.05, 3.63) is 84.2 Å². The summed E-state index contributed by atoms with van der Waals surface area (Å²) in [6.45, 7) is 2.00. The zero-order valence-corrected chi connectivity index (χ0v) is 17.5. The van der Waals surface area contributed by atoms with Gasteiger partial charge in [-0.05, 0) is 43.3 Å². The molecule has 2 aromatic heterocycles. The topological polar surface area (TPSA) is 69.9 Å². The maximum absolute atomic E-state index is 12.6. The molecule has 0 atom stereocenters. The predicted octanol–water partition coefficient (Wildman–Crippen LogP) is 4.62. The lowest BCUT2D eigenvalue weighted by atomic mass is 10.1. The molecule has 6 nitrogen and oxygen atoms in total. The molecule has 0 bridgehead atoms. The second-order valence-electron chi connectivity index (χ2n) is 6.65. The summed E-state index contributed by atoms with van der Waals surface area (Å²) in [7, 11) is 1.63. The molecule has 0 unspecified atom stereocenters. The molecule has 0 N–H and O–H groups in total. The molecular formula is C23H20N4O2S. The first-order valence-electron chi connectivity index (χ1n) is 9.38. The second-order valence-corrected chi connectivity index (χ2v) is 7.60. The van der Waals surface area contributed by atoms with Gasteiger partial charge in [-0.1, -0.05) is 41.6 Å². The van der Waals surface area contributed by atoms with Gasteiger partial charge in [-0.3, -0.25) is 14.3 Å². The van der Waals surface area contributed by atoms with E-state index in [-0.39, 0.29) is 11.5 Å². The molecule has 0 aliphatic rings. The number of carbonyl (C=O) groups is 1. The fraction of sp³-hybridized carbons (Fsp3) is 0.130. The number of ketones is 1. The smallest absolute Gasteiger partial charge is 0.196 e. The van der Waals surface area contributed by atoms with Crippen molar-refractivity contribution in [1.82, 2.24) is 19.7 Å². The highest BCUT2D eigenvalue weighted by Gasteiger charge is 2.18. The highest BCUT2D eigenvalue weighted by molar-refractivity contribution is 7.99. The van der Waals surface area contributed by atoms with Crippen LogP contribution in [-0.2, 0) is 0 Å². The molecule has 0 saturated heterocycles. The van der Waals surface area contributed by atoms with Crippen molar-refractivity contribution in [3.63, 3.8) is 0 Å². The number of aryl methyl sites for hydroxylation is 1. The summed E-state index contributed by atoms with van der Waals surface area (Å²) >= 11 is 1.37. The lowest BCUT2D eigenvalue weighted by Gasteiger charge is -2.11. The number of aromatic nitrogens is 4. The number of hydrogen-bond donors (Lipinski definition) is 0. The third-order valence-electron chi connectivity index (χ3n) is 4.61. The van der Waals surface area contributed by atoms with Gasteiger partial charge in [-0.15, -0.1) is 10.2 Å². The average Bonchev–Trinajstić information content (AvgIpc) is 3.22. The number of nitrogens with zero attached hydrogens (tertiary/aromatic N) is 4. The van der Waals surface area contributed by atoms with Crippen LogP contribution in [0.15, 0.2) is 78.2 Å². The molecule has 30 heavy (non-hydrogen) atoms. The van der Waals surface area contributed by atoms with E-state index in [2.05, 4.69) is 15.2 Å². The molecule has 4 rings (SSSR count). The lowest BCUT2D eigenvalue weighted by molar-refractivity contribution is 0.102. The summed E-state index contributed by atoms with van der Waals surface area (Å²) in [6, 6.07) is 19.0. The van der Waals surface area contributed by atoms with E-state index < -0.39 is 0 Å². The first-order chi connectivity index (χ1) is 14.7. The Kier molecular flexibility index (Phi) is 5.90. The fourth-order valence-corrected chi connectivity index (χ4v) is 3.81. The second kappa shape index (κ2) is 8.92. The monoisotopic (exact) mass is 416 g/mol. The van der Waals surface area contributed by atoms with Crippen molar-refractivity contribution in [2.75, 3.05) is 12.9 Å². The van der Waals surface area contributed by atoms with Gasteiger partial charge in [-0.25, -0.2) is 0 Å². The molecule has 2 heterocycles. The summed E-state index contributed by atoms with van der Waals surface area (Å²) in [5.41, 5.74) is 3.60. The highest BCUT2D eigenvalue weighted by Crippen LogP contribution is 2.29. The Hall–Kier alpha value is -3.45. The van der Waals surface area contributed by atoms with Gasteiger partial charge >= 0.3 is 0 Å². The van der Waals surface area contributed by atoms with Crippen LogP contribution in [0, 0.1) is 6.92 Å². The standard InChI is InChI=1S/C23H20N4O2S/c1-16-3-5-17(6-4-16)21(28)15-30-23-26-25-22(18-11-13-24-14-12-18)27(23)19-7-9-20(29-2)10-8-19/h3-14H,15H2,1-2H3. The summed E-state index contributed by atoms with van der Waals surface area (Å²) in [5, 5.41) is 9.40. The summed E-state index contributed by atoms with van der Waals surface area (Å²) in [5.74, 6) is 1.77. The first kappa shape index (κ1) is 19.8. The van der Waals surface area contributed by atoms with Crippen LogP contribution in [0.1, 0.15) is 15.9 Å². The van der Waals surface area contributed by atoms with Gasteiger partial charge in [0, 0.05) is 29.2 Å². The zero-order valence-electron chi connectivity index (χ0n) is 16.6. The summed E-state index contributed by atoms with van der Waals surface area (Å²) < 4.78 is 7.22. The molecule has 4 aromatic rings. The van der Waals surface area contributed by atoms with Crippen LogP contribution >= 0.6 is 11.8 Å². The van der Waals surface area contributed by atoms with E-state index in [1.807, 2.05) is 72.2 Å². The van der Waals surface area contributed by atoms with Gasteiger partial charge in [0.05, 0.1) is 12.9 Å². The Bertz CT molecular complexity index is 1140. The predicted molar refractivity (Wildman–Crippen MR) is 117 cm³/mol. The Morgan fingerprint density at radius 1 is 0.967 bits per heavy atom. The molecule has 0 radical (unpaired) electrons. The molecule has 0 aliphatic heterocycles. The van der Waals surface area contributed by atoms with Crippen LogP contribution < -0.4 is 4.74 Å². The Labute approximate surface area is 179 Å². The van der Waals surface area contributed by atoms with Gasteiger partial charge < -0.3 is 4.74 Å². The minimum Gasteiger partial charge on any atom is -0.497 e. The number of Topliss-reactive ketones (excluding diaryl/α,β-unsaturated/α-hetero) is 1. The molecule has 150 valence electrons. The average molecular weight is 417 g/mol. The molecular weight excluding hydrogens is 396 g/mol. The minimum absolute atomic E-state index is 0.0507. The van der Waals surface area contributed by atoms with Gasteiger partial charge in [0.1, 0.15) is 5.75 Å². The number of pyridine rings is 1. The normalized spacial score (nSPS) is 10.7. The number of methoxy groups -OCH3 is 1. The fourth-order valence-electron chi connectivity index (χ4n) is 2.97. The van der Waals surface area contributed by atoms with Gasteiger partial charge in [0.25, 0.3) is 0 Å². The third-order valence-corrected chi connectivity index (χ3v) is 5.54. The van der Waals surface area contributed by atoms with Crippen LogP contribution in [0.2, 0.25) is 0 Å². The quantitative estimate of drug-likeness (QED) is 0.323. The number of carbonyl (C=O) groups excluding carboxylic acids is 1. The largest absolute Gasteiger partial charge is 0.497 e. The minimum atomic E-state index is 0.0507. The number of hydrogen-bond acceptors (Lipinski definition) is 6. The van der Waals surface area contributed by atoms with Crippen molar-refractivity contribution in [2.24, 2.45) is 0 Å². The molecule has 0 spiro atoms. The maximum atomic E-state index is 12.6. The molecule has 7 heteroatoms. The summed E-state index contributed by atoms with van der Waals surface area (Å²) in [6.07, 6.45) is 3.44. The van der Waals surface area contributed by atoms with Gasteiger partial charge in [0.2, 0.25) is 0 Å². The van der Waals surface area contributed by atoms with Crippen molar-refractivity contribution < 1.29 is 9.53 Å². The van der Waals surface area contributed by atoms with Crippen LogP contribution in [-0.4, -0.2) is 38.4 Å². The van der Waals surface area contributed by atoms with Crippen molar-refractivity contribution in [2.45, 2.75) is 12.1 Å². The van der Waals surface area contributed by atoms with E-state index in [1.165, 1.54) is 11.8 Å². The zero-order chi connectivity index (χ0) is 20.9. The highest BCUT2D eigenvalue weighted by atomic mass is 32.2. The van der Waals surface area contributed by atoms with Crippen molar-refractivity contribution >= 4 is 17.5 Å². The van der Waals surface area contributed by atoms with E-state index in [0.29, 0.717) is 16.5 Å². The van der Waals surface area contributed by atoms with Gasteiger partial charge in [0.15, 0.2) is 16.8 Å². The maximum Gasteiger partial charge on any atom is 0.196 e. The van der Waals surface area contributed by atoms with E-state index in [1.54, 1.807) is 19.5 Å². The van der Waals surface area contributed by atoms with Crippen LogP contribution in [0.3, 0.4) is 0 Å². The number of ether oxygens (including phenoxy) is 1. The van der Waals surface area contributed by atoms with Crippen LogP contribution in [0.4, 0.5) is 0 Å². The number of benzene rings is 2. The van der Waals surface area contributed by atoms with E-state index >= 15 is 0 Å². The van der Waals surface area contributed by atoms with E-state index in [9.17, 15) is 4.79 Å². The molecule has 0 aliphatic carbocycles. The molecule has 2 aromatic carbocycles. The summed E-state index contributed by atoms with van der Waals surface area (Å²) in [4.78, 5) is 16.7. The Balaban J connectivity index is 1.66. The van der Waals surface area contributed by atoms with Crippen molar-refractivity contribution in [1.29, 1.82) is 0 Å². The first-order valence-corrected chi connectivity index (χ1v) is 10.4. The Morgan fingerprint density at radius 3 is 2.33 bits per heavy atom. The van der Waals surface area contributed by atoms with Gasteiger partial charge in [-0.2, -0.15) is 0 Å². The van der Waals surface area contributed by atoms with Crippen LogP contribution in [0.25, 0.3) is 17.1 Å². The van der Waals surface area contributed by atoms with E-state index in [0.717, 1.165) is 22.6 Å². The molecule has 0 amide bonds.